The second-order valence-electron chi connectivity index (χ2n) is 2.19. The number of rotatable bonds is 1. The average molecular weight is 185 g/mol. The van der Waals surface area contributed by atoms with Crippen LogP contribution < -0.4 is 11.2 Å². The van der Waals surface area contributed by atoms with Crippen LogP contribution in [0.2, 0.25) is 0 Å². The molecule has 1 heterocycles. The van der Waals surface area contributed by atoms with Crippen molar-refractivity contribution in [2.24, 2.45) is 5.73 Å². The van der Waals surface area contributed by atoms with Crippen molar-refractivity contribution >= 4 is 11.8 Å². The molecule has 1 aromatic rings. The lowest BCUT2D eigenvalue weighted by molar-refractivity contribution is -0.134. The summed E-state index contributed by atoms with van der Waals surface area (Å²) in [6.07, 6.45) is 0. The number of aromatic nitrogens is 1. The normalized spacial score (nSPS) is 9.54. The van der Waals surface area contributed by atoms with Crippen molar-refractivity contribution in [3.05, 3.63) is 12.1 Å². The van der Waals surface area contributed by atoms with E-state index in [1.165, 1.54) is 0 Å². The van der Waals surface area contributed by atoms with Gasteiger partial charge >= 0.3 is 11.8 Å². The number of carbonyl (C=O) groups is 2. The zero-order chi connectivity index (χ0) is 10.0. The molecule has 70 valence electrons. The molecular formula is C6H7N3O4. The summed E-state index contributed by atoms with van der Waals surface area (Å²) in [6, 6.07) is 2.27. The summed E-state index contributed by atoms with van der Waals surface area (Å²) >= 11 is 0. The van der Waals surface area contributed by atoms with E-state index >= 15 is 0 Å². The predicted octanol–water partition coefficient (Wildman–Crippen LogP) is -1.55. The summed E-state index contributed by atoms with van der Waals surface area (Å²) in [5.74, 6) is -3.17. The molecular weight excluding hydrogens is 178 g/mol. The molecule has 7 heteroatoms. The number of amides is 2. The Hall–Kier alpha value is -2.18. The molecule has 0 aliphatic rings. The van der Waals surface area contributed by atoms with Gasteiger partial charge in [-0.3, -0.25) is 9.59 Å². The van der Waals surface area contributed by atoms with Gasteiger partial charge < -0.3 is 15.9 Å². The fraction of sp³-hybridized carbons (Fsp3) is 0. The Kier molecular flexibility index (Phi) is 2.09. The Morgan fingerprint density at radius 3 is 2.15 bits per heavy atom. The third kappa shape index (κ3) is 1.70. The summed E-state index contributed by atoms with van der Waals surface area (Å²) in [6.45, 7) is 0. The van der Waals surface area contributed by atoms with Gasteiger partial charge in [-0.2, -0.15) is 4.68 Å². The molecule has 1 aromatic heterocycles. The topological polar surface area (TPSA) is 118 Å². The van der Waals surface area contributed by atoms with E-state index in [0.29, 0.717) is 4.68 Å². The molecule has 0 radical (unpaired) electrons. The molecule has 0 unspecified atom stereocenters. The van der Waals surface area contributed by atoms with E-state index in [1.54, 1.807) is 0 Å². The van der Waals surface area contributed by atoms with Gasteiger partial charge in [-0.15, -0.1) is 0 Å². The fourth-order valence-corrected chi connectivity index (χ4v) is 0.687. The summed E-state index contributed by atoms with van der Waals surface area (Å²) in [7, 11) is 0. The third-order valence-corrected chi connectivity index (χ3v) is 1.28. The Bertz CT molecular complexity index is 337. The predicted molar refractivity (Wildman–Crippen MR) is 41.3 cm³/mol. The van der Waals surface area contributed by atoms with Crippen LogP contribution in [0.1, 0.15) is 0 Å². The zero-order valence-corrected chi connectivity index (χ0v) is 6.39. The van der Waals surface area contributed by atoms with Crippen LogP contribution in [0.15, 0.2) is 12.1 Å². The van der Waals surface area contributed by atoms with Crippen molar-refractivity contribution in [2.45, 2.75) is 0 Å². The monoisotopic (exact) mass is 185 g/mol. The Morgan fingerprint density at radius 2 is 1.77 bits per heavy atom. The van der Waals surface area contributed by atoms with E-state index in [9.17, 15) is 9.59 Å². The highest BCUT2D eigenvalue weighted by Gasteiger charge is 2.12. The van der Waals surface area contributed by atoms with Gasteiger partial charge in [0.05, 0.1) is 0 Å². The Morgan fingerprint density at radius 1 is 1.31 bits per heavy atom. The number of nitrogens with two attached hydrogens (primary N) is 1. The first-order chi connectivity index (χ1) is 6.02. The van der Waals surface area contributed by atoms with Crippen molar-refractivity contribution in [1.29, 1.82) is 0 Å². The van der Waals surface area contributed by atoms with Crippen molar-refractivity contribution < 1.29 is 19.8 Å². The zero-order valence-electron chi connectivity index (χ0n) is 6.39. The van der Waals surface area contributed by atoms with Gasteiger partial charge in [0.25, 0.3) is 0 Å². The molecule has 0 spiro atoms. The van der Waals surface area contributed by atoms with Crippen LogP contribution in [0.5, 0.6) is 11.8 Å². The van der Waals surface area contributed by atoms with E-state index < -0.39 is 23.6 Å². The average Bonchev–Trinajstić information content (AvgIpc) is 2.35. The largest absolute Gasteiger partial charge is 0.493 e. The van der Waals surface area contributed by atoms with Crippen LogP contribution >= 0.6 is 0 Å². The van der Waals surface area contributed by atoms with Gasteiger partial charge in [0.15, 0.2) is 0 Å². The number of aromatic hydroxyl groups is 2. The van der Waals surface area contributed by atoms with Crippen molar-refractivity contribution in [3.63, 3.8) is 0 Å². The summed E-state index contributed by atoms with van der Waals surface area (Å²) < 4.78 is 0.618. The number of primary amides is 1. The fourth-order valence-electron chi connectivity index (χ4n) is 0.687. The summed E-state index contributed by atoms with van der Waals surface area (Å²) in [5.41, 5.74) is 6.49. The van der Waals surface area contributed by atoms with Crippen LogP contribution in [0.3, 0.4) is 0 Å². The molecule has 0 aromatic carbocycles. The minimum Gasteiger partial charge on any atom is -0.493 e. The molecule has 2 amide bonds. The second-order valence-corrected chi connectivity index (χ2v) is 2.19. The van der Waals surface area contributed by atoms with E-state index in [0.717, 1.165) is 12.1 Å². The van der Waals surface area contributed by atoms with Gasteiger partial charge in [-0.1, -0.05) is 0 Å². The number of nitrogens with one attached hydrogen (secondary N) is 1. The SMILES string of the molecule is NC(=O)C(=O)Nn1c(O)ccc1O. The molecule has 0 saturated heterocycles. The van der Waals surface area contributed by atoms with Crippen LogP contribution in [0, 0.1) is 0 Å². The summed E-state index contributed by atoms with van der Waals surface area (Å²) in [5, 5.41) is 18.0. The Balaban J connectivity index is 2.85. The number of hydrogen-bond donors (Lipinski definition) is 4. The first-order valence-electron chi connectivity index (χ1n) is 3.23. The molecule has 0 bridgehead atoms. The molecule has 13 heavy (non-hydrogen) atoms. The highest BCUT2D eigenvalue weighted by atomic mass is 16.3. The van der Waals surface area contributed by atoms with E-state index in [-0.39, 0.29) is 0 Å². The standard InChI is InChI=1S/C6H7N3O4/c7-5(12)6(13)8-9-3(10)1-2-4(9)11/h1-2,10-11H,(H2,7,12)(H,8,13). The van der Waals surface area contributed by atoms with Crippen molar-refractivity contribution in [1.82, 2.24) is 4.68 Å². The lowest BCUT2D eigenvalue weighted by Crippen LogP contribution is -2.34. The van der Waals surface area contributed by atoms with Crippen LogP contribution in [-0.4, -0.2) is 26.7 Å². The molecule has 0 aliphatic heterocycles. The maximum atomic E-state index is 10.7. The molecule has 0 fully saturated rings. The highest BCUT2D eigenvalue weighted by molar-refractivity contribution is 6.37. The third-order valence-electron chi connectivity index (χ3n) is 1.28. The minimum absolute atomic E-state index is 0.410. The first kappa shape index (κ1) is 8.91. The number of nitrogens with zero attached hydrogens (tertiary/aromatic N) is 1. The Labute approximate surface area is 72.4 Å². The highest BCUT2D eigenvalue weighted by Crippen LogP contribution is 2.17. The van der Waals surface area contributed by atoms with Crippen LogP contribution in [-0.2, 0) is 9.59 Å². The van der Waals surface area contributed by atoms with Crippen LogP contribution in [0.4, 0.5) is 0 Å². The second kappa shape index (κ2) is 3.05. The molecule has 7 nitrogen and oxygen atoms in total. The molecule has 0 saturated carbocycles. The quantitative estimate of drug-likeness (QED) is 0.396. The number of carbonyl (C=O) groups excluding carboxylic acids is 2. The van der Waals surface area contributed by atoms with Gasteiger partial charge in [0, 0.05) is 12.1 Å². The van der Waals surface area contributed by atoms with Crippen molar-refractivity contribution in [3.8, 4) is 11.8 Å². The van der Waals surface area contributed by atoms with E-state index in [4.69, 9.17) is 10.2 Å². The van der Waals surface area contributed by atoms with Gasteiger partial charge in [0.2, 0.25) is 11.8 Å². The summed E-state index contributed by atoms with van der Waals surface area (Å²) in [4.78, 5) is 21.0. The lowest BCUT2D eigenvalue weighted by Gasteiger charge is -2.05. The molecule has 0 aliphatic carbocycles. The van der Waals surface area contributed by atoms with E-state index in [2.05, 4.69) is 5.73 Å². The van der Waals surface area contributed by atoms with E-state index in [1.807, 2.05) is 5.43 Å². The van der Waals surface area contributed by atoms with Gasteiger partial charge in [0.1, 0.15) is 0 Å². The molecule has 1 rings (SSSR count). The minimum atomic E-state index is -1.22. The maximum absolute atomic E-state index is 10.7. The van der Waals surface area contributed by atoms with Crippen LogP contribution in [0.25, 0.3) is 0 Å². The smallest absolute Gasteiger partial charge is 0.328 e. The van der Waals surface area contributed by atoms with Gasteiger partial charge in [-0.25, -0.2) is 5.43 Å². The number of hydrogen-bond acceptors (Lipinski definition) is 4. The molecule has 5 N–H and O–H groups in total. The lowest BCUT2D eigenvalue weighted by atomic mass is 10.6. The van der Waals surface area contributed by atoms with Gasteiger partial charge in [-0.05, 0) is 0 Å². The molecule has 0 atom stereocenters. The van der Waals surface area contributed by atoms with Crippen molar-refractivity contribution in [2.75, 3.05) is 5.43 Å². The first-order valence-corrected chi connectivity index (χ1v) is 3.23. The maximum Gasteiger partial charge on any atom is 0.328 e.